The van der Waals surface area contributed by atoms with Gasteiger partial charge in [-0.25, -0.2) is 4.98 Å². The first-order valence-corrected chi connectivity index (χ1v) is 7.91. The fourth-order valence-electron chi connectivity index (χ4n) is 2.02. The van der Waals surface area contributed by atoms with E-state index in [0.29, 0.717) is 5.69 Å². The van der Waals surface area contributed by atoms with Crippen molar-refractivity contribution in [1.29, 1.82) is 0 Å². The number of alkyl halides is 2. The molecule has 0 unspecified atom stereocenters. The molecule has 0 atom stereocenters. The van der Waals surface area contributed by atoms with Gasteiger partial charge in [0.15, 0.2) is 0 Å². The molecule has 1 aromatic carbocycles. The molecular formula is C17H16ClF2N3O2. The minimum Gasteiger partial charge on any atom is -0.352 e. The SMILES string of the molecule is O=C(NCCCC(F)(F)C(=O)Nc1ccccc1)c1cccnc1Cl. The molecule has 0 fully saturated rings. The Morgan fingerprint density at radius 1 is 1.12 bits per heavy atom. The van der Waals surface area contributed by atoms with Gasteiger partial charge in [-0.2, -0.15) is 8.78 Å². The van der Waals surface area contributed by atoms with E-state index in [0.717, 1.165) is 0 Å². The Bertz CT molecular complexity index is 742. The van der Waals surface area contributed by atoms with Crippen molar-refractivity contribution in [3.8, 4) is 0 Å². The third-order valence-electron chi connectivity index (χ3n) is 3.32. The fourth-order valence-corrected chi connectivity index (χ4v) is 2.23. The van der Waals surface area contributed by atoms with Gasteiger partial charge in [0.05, 0.1) is 5.56 Å². The molecule has 25 heavy (non-hydrogen) atoms. The van der Waals surface area contributed by atoms with E-state index in [2.05, 4.69) is 15.6 Å². The second-order valence-electron chi connectivity index (χ2n) is 5.23. The van der Waals surface area contributed by atoms with Crippen molar-refractivity contribution in [2.24, 2.45) is 0 Å². The summed E-state index contributed by atoms with van der Waals surface area (Å²) >= 11 is 5.78. The number of carbonyl (C=O) groups excluding carboxylic acids is 2. The standard InChI is InChI=1S/C17H16ClF2N3O2/c18-14-13(8-4-10-21-14)15(24)22-11-5-9-17(19,20)16(25)23-12-6-2-1-3-7-12/h1-4,6-8,10H,5,9,11H2,(H,22,24)(H,23,25). The summed E-state index contributed by atoms with van der Waals surface area (Å²) in [7, 11) is 0. The van der Waals surface area contributed by atoms with Crippen LogP contribution in [0, 0.1) is 0 Å². The Kier molecular flexibility index (Phi) is 6.41. The van der Waals surface area contributed by atoms with Crippen LogP contribution in [0.15, 0.2) is 48.7 Å². The number of hydrogen-bond acceptors (Lipinski definition) is 3. The van der Waals surface area contributed by atoms with Crippen molar-refractivity contribution in [2.45, 2.75) is 18.8 Å². The maximum Gasteiger partial charge on any atom is 0.325 e. The third-order valence-corrected chi connectivity index (χ3v) is 3.62. The molecule has 0 aliphatic carbocycles. The van der Waals surface area contributed by atoms with Crippen molar-refractivity contribution in [3.05, 3.63) is 59.4 Å². The van der Waals surface area contributed by atoms with E-state index in [4.69, 9.17) is 11.6 Å². The number of halogens is 3. The summed E-state index contributed by atoms with van der Waals surface area (Å²) in [6.45, 7) is -0.0156. The lowest BCUT2D eigenvalue weighted by molar-refractivity contribution is -0.140. The van der Waals surface area contributed by atoms with Crippen LogP contribution in [0.5, 0.6) is 0 Å². The van der Waals surface area contributed by atoms with Gasteiger partial charge in [-0.05, 0) is 30.7 Å². The predicted molar refractivity (Wildman–Crippen MR) is 90.8 cm³/mol. The van der Waals surface area contributed by atoms with Gasteiger partial charge in [0.2, 0.25) is 0 Å². The van der Waals surface area contributed by atoms with Crippen LogP contribution in [0.4, 0.5) is 14.5 Å². The van der Waals surface area contributed by atoms with E-state index in [1.54, 1.807) is 24.3 Å². The second kappa shape index (κ2) is 8.53. The Hall–Kier alpha value is -2.54. The molecule has 5 nitrogen and oxygen atoms in total. The fraction of sp³-hybridized carbons (Fsp3) is 0.235. The quantitative estimate of drug-likeness (QED) is 0.581. The van der Waals surface area contributed by atoms with E-state index >= 15 is 0 Å². The molecule has 8 heteroatoms. The average molecular weight is 368 g/mol. The smallest absolute Gasteiger partial charge is 0.325 e. The predicted octanol–water partition coefficient (Wildman–Crippen LogP) is 3.52. The van der Waals surface area contributed by atoms with E-state index in [-0.39, 0.29) is 23.7 Å². The minimum absolute atomic E-state index is 0.0156. The van der Waals surface area contributed by atoms with Gasteiger partial charge in [0.1, 0.15) is 5.15 Å². The van der Waals surface area contributed by atoms with Crippen molar-refractivity contribution >= 4 is 29.1 Å². The lowest BCUT2D eigenvalue weighted by atomic mass is 10.1. The minimum atomic E-state index is -3.54. The first kappa shape index (κ1) is 18.8. The molecule has 0 aliphatic heterocycles. The maximum atomic E-state index is 13.9. The molecule has 0 saturated carbocycles. The van der Waals surface area contributed by atoms with Gasteiger partial charge >= 0.3 is 5.92 Å². The van der Waals surface area contributed by atoms with E-state index in [1.165, 1.54) is 24.4 Å². The number of amides is 2. The second-order valence-corrected chi connectivity index (χ2v) is 5.58. The van der Waals surface area contributed by atoms with Crippen molar-refractivity contribution < 1.29 is 18.4 Å². The molecule has 2 amide bonds. The number of para-hydroxylation sites is 1. The monoisotopic (exact) mass is 367 g/mol. The number of hydrogen-bond donors (Lipinski definition) is 2. The molecule has 0 saturated heterocycles. The van der Waals surface area contributed by atoms with Crippen LogP contribution in [0.2, 0.25) is 5.15 Å². The van der Waals surface area contributed by atoms with Crippen LogP contribution in [0.25, 0.3) is 0 Å². The first-order chi connectivity index (χ1) is 11.9. The van der Waals surface area contributed by atoms with Crippen LogP contribution >= 0.6 is 11.6 Å². The Balaban J connectivity index is 1.79. The summed E-state index contributed by atoms with van der Waals surface area (Å²) in [6.07, 6.45) is 0.677. The van der Waals surface area contributed by atoms with Gasteiger partial charge in [-0.1, -0.05) is 29.8 Å². The summed E-state index contributed by atoms with van der Waals surface area (Å²) < 4.78 is 27.7. The number of nitrogens with zero attached hydrogens (tertiary/aromatic N) is 1. The number of aromatic nitrogens is 1. The summed E-state index contributed by atoms with van der Waals surface area (Å²) in [5.74, 6) is -5.41. The number of nitrogens with one attached hydrogen (secondary N) is 2. The highest BCUT2D eigenvalue weighted by molar-refractivity contribution is 6.32. The van der Waals surface area contributed by atoms with Crippen LogP contribution in [0.1, 0.15) is 23.2 Å². The van der Waals surface area contributed by atoms with Crippen LogP contribution in [-0.2, 0) is 4.79 Å². The zero-order valence-corrected chi connectivity index (χ0v) is 13.9. The van der Waals surface area contributed by atoms with Gasteiger partial charge < -0.3 is 10.6 Å². The highest BCUT2D eigenvalue weighted by Crippen LogP contribution is 2.22. The van der Waals surface area contributed by atoms with Crippen LogP contribution in [0.3, 0.4) is 0 Å². The summed E-state index contributed by atoms with van der Waals surface area (Å²) in [5.41, 5.74) is 0.462. The van der Waals surface area contributed by atoms with E-state index in [9.17, 15) is 18.4 Å². The number of carbonyl (C=O) groups is 2. The number of pyridine rings is 1. The highest BCUT2D eigenvalue weighted by atomic mass is 35.5. The van der Waals surface area contributed by atoms with E-state index in [1.807, 2.05) is 0 Å². The van der Waals surface area contributed by atoms with Gasteiger partial charge in [0.25, 0.3) is 11.8 Å². The van der Waals surface area contributed by atoms with Crippen molar-refractivity contribution in [2.75, 3.05) is 11.9 Å². The summed E-state index contributed by atoms with van der Waals surface area (Å²) in [6, 6.07) is 11.0. The molecule has 2 N–H and O–H groups in total. The number of anilines is 1. The number of benzene rings is 1. The van der Waals surface area contributed by atoms with Crippen molar-refractivity contribution in [3.63, 3.8) is 0 Å². The molecule has 0 radical (unpaired) electrons. The first-order valence-electron chi connectivity index (χ1n) is 7.53. The molecule has 0 aliphatic rings. The average Bonchev–Trinajstić information content (AvgIpc) is 2.60. The molecule has 2 aromatic rings. The van der Waals surface area contributed by atoms with Gasteiger partial charge in [-0.15, -0.1) is 0 Å². The lowest BCUT2D eigenvalue weighted by Crippen LogP contribution is -2.35. The largest absolute Gasteiger partial charge is 0.352 e. The van der Waals surface area contributed by atoms with Gasteiger partial charge in [0, 0.05) is 24.8 Å². The Morgan fingerprint density at radius 3 is 2.52 bits per heavy atom. The van der Waals surface area contributed by atoms with Gasteiger partial charge in [-0.3, -0.25) is 9.59 Å². The molecule has 132 valence electrons. The molecule has 1 aromatic heterocycles. The third kappa shape index (κ3) is 5.49. The van der Waals surface area contributed by atoms with Crippen molar-refractivity contribution in [1.82, 2.24) is 10.3 Å². The molecule has 0 spiro atoms. The maximum absolute atomic E-state index is 13.9. The van der Waals surface area contributed by atoms with Crippen LogP contribution < -0.4 is 10.6 Å². The molecule has 2 rings (SSSR count). The molecular weight excluding hydrogens is 352 g/mol. The zero-order chi connectivity index (χ0) is 18.3. The summed E-state index contributed by atoms with van der Waals surface area (Å²) in [5, 5.41) is 4.67. The molecule has 0 bridgehead atoms. The summed E-state index contributed by atoms with van der Waals surface area (Å²) in [4.78, 5) is 27.3. The van der Waals surface area contributed by atoms with Crippen LogP contribution in [-0.4, -0.2) is 29.3 Å². The lowest BCUT2D eigenvalue weighted by Gasteiger charge is -2.16. The molecule has 1 heterocycles. The topological polar surface area (TPSA) is 71.1 Å². The zero-order valence-electron chi connectivity index (χ0n) is 13.1. The number of rotatable bonds is 7. The Labute approximate surface area is 148 Å². The highest BCUT2D eigenvalue weighted by Gasteiger charge is 2.38. The van der Waals surface area contributed by atoms with E-state index < -0.39 is 24.2 Å². The Morgan fingerprint density at radius 2 is 1.84 bits per heavy atom. The normalized spacial score (nSPS) is 11.0.